The summed E-state index contributed by atoms with van der Waals surface area (Å²) in [6.07, 6.45) is -4.00. The van der Waals surface area contributed by atoms with Crippen molar-refractivity contribution in [2.75, 3.05) is 20.3 Å². The molecule has 0 unspecified atom stereocenters. The van der Waals surface area contributed by atoms with Crippen molar-refractivity contribution in [3.05, 3.63) is 29.8 Å². The number of hydrogen-bond donors (Lipinski definition) is 1. The molecule has 0 amide bonds. The van der Waals surface area contributed by atoms with E-state index in [9.17, 15) is 21.6 Å². The Hall–Kier alpha value is -1.12. The molecule has 0 radical (unpaired) electrons. The fourth-order valence-electron chi connectivity index (χ4n) is 1.33. The summed E-state index contributed by atoms with van der Waals surface area (Å²) in [5, 5.41) is 0. The second-order valence-electron chi connectivity index (χ2n) is 3.77. The average molecular weight is 297 g/mol. The van der Waals surface area contributed by atoms with Gasteiger partial charge in [-0.1, -0.05) is 0 Å². The number of benzene rings is 1. The third-order valence-corrected chi connectivity index (χ3v) is 3.79. The molecular weight excluding hydrogens is 283 g/mol. The third-order valence-electron chi connectivity index (χ3n) is 2.31. The van der Waals surface area contributed by atoms with Gasteiger partial charge >= 0.3 is 6.18 Å². The van der Waals surface area contributed by atoms with Crippen molar-refractivity contribution in [3.8, 4) is 0 Å². The van der Waals surface area contributed by atoms with E-state index >= 15 is 0 Å². The van der Waals surface area contributed by atoms with Gasteiger partial charge in [-0.15, -0.1) is 0 Å². The van der Waals surface area contributed by atoms with Gasteiger partial charge in [0.1, 0.15) is 0 Å². The van der Waals surface area contributed by atoms with E-state index in [2.05, 4.69) is 4.72 Å². The van der Waals surface area contributed by atoms with Gasteiger partial charge in [-0.3, -0.25) is 0 Å². The maximum atomic E-state index is 12.3. The van der Waals surface area contributed by atoms with Gasteiger partial charge in [0.25, 0.3) is 0 Å². The van der Waals surface area contributed by atoms with E-state index in [0.717, 1.165) is 24.3 Å². The lowest BCUT2D eigenvalue weighted by Gasteiger charge is -2.09. The maximum Gasteiger partial charge on any atom is 0.416 e. The molecule has 0 bridgehead atoms. The Morgan fingerprint density at radius 2 is 1.79 bits per heavy atom. The molecule has 0 atom stereocenters. The van der Waals surface area contributed by atoms with Gasteiger partial charge in [-0.05, 0) is 30.7 Å². The Kier molecular flexibility index (Phi) is 5.33. The molecule has 108 valence electrons. The lowest BCUT2D eigenvalue weighted by molar-refractivity contribution is -0.137. The van der Waals surface area contributed by atoms with Crippen LogP contribution in [-0.4, -0.2) is 28.7 Å². The van der Waals surface area contributed by atoms with Gasteiger partial charge < -0.3 is 4.74 Å². The Morgan fingerprint density at radius 3 is 2.26 bits per heavy atom. The topological polar surface area (TPSA) is 55.4 Å². The first kappa shape index (κ1) is 15.9. The SMILES string of the molecule is COCCCNS(=O)(=O)c1ccc(C(F)(F)F)cc1. The summed E-state index contributed by atoms with van der Waals surface area (Å²) in [4.78, 5) is -0.196. The second kappa shape index (κ2) is 6.36. The van der Waals surface area contributed by atoms with E-state index in [-0.39, 0.29) is 11.4 Å². The standard InChI is InChI=1S/C11H14F3NO3S/c1-18-8-2-7-15-19(16,17)10-5-3-9(4-6-10)11(12,13)14/h3-6,15H,2,7-8H2,1H3. The van der Waals surface area contributed by atoms with Crippen molar-refractivity contribution in [2.24, 2.45) is 0 Å². The molecule has 0 fully saturated rings. The zero-order valence-corrected chi connectivity index (χ0v) is 11.0. The number of halogens is 3. The van der Waals surface area contributed by atoms with E-state index in [1.54, 1.807) is 0 Å². The Labute approximate surface area is 109 Å². The number of alkyl halides is 3. The van der Waals surface area contributed by atoms with Crippen LogP contribution >= 0.6 is 0 Å². The van der Waals surface area contributed by atoms with Crippen LogP contribution in [0.2, 0.25) is 0 Å². The molecule has 1 rings (SSSR count). The highest BCUT2D eigenvalue weighted by Gasteiger charge is 2.30. The Morgan fingerprint density at radius 1 is 1.21 bits per heavy atom. The molecule has 1 aromatic rings. The molecule has 1 N–H and O–H groups in total. The summed E-state index contributed by atoms with van der Waals surface area (Å²) < 4.78 is 67.5. The van der Waals surface area contributed by atoms with Crippen LogP contribution < -0.4 is 4.72 Å². The summed E-state index contributed by atoms with van der Waals surface area (Å²) in [7, 11) is -2.29. The van der Waals surface area contributed by atoms with Crippen LogP contribution in [0, 0.1) is 0 Å². The van der Waals surface area contributed by atoms with Crippen molar-refractivity contribution in [3.63, 3.8) is 0 Å². The first-order chi connectivity index (χ1) is 8.77. The zero-order chi connectivity index (χ0) is 14.5. The monoisotopic (exact) mass is 297 g/mol. The molecule has 0 heterocycles. The van der Waals surface area contributed by atoms with Crippen molar-refractivity contribution >= 4 is 10.0 Å². The third kappa shape index (κ3) is 4.81. The molecule has 4 nitrogen and oxygen atoms in total. The molecule has 0 aromatic heterocycles. The fourth-order valence-corrected chi connectivity index (χ4v) is 2.40. The molecule has 0 spiro atoms. The fraction of sp³-hybridized carbons (Fsp3) is 0.455. The highest BCUT2D eigenvalue weighted by molar-refractivity contribution is 7.89. The molecule has 8 heteroatoms. The number of hydrogen-bond acceptors (Lipinski definition) is 3. The number of methoxy groups -OCH3 is 1. The smallest absolute Gasteiger partial charge is 0.385 e. The highest BCUT2D eigenvalue weighted by atomic mass is 32.2. The summed E-state index contributed by atoms with van der Waals surface area (Å²) in [5.74, 6) is 0. The molecule has 0 aliphatic carbocycles. The number of nitrogens with one attached hydrogen (secondary N) is 1. The van der Waals surface area contributed by atoms with E-state index in [4.69, 9.17) is 4.74 Å². The van der Waals surface area contributed by atoms with Crippen LogP contribution in [0.1, 0.15) is 12.0 Å². The van der Waals surface area contributed by atoms with Crippen molar-refractivity contribution in [1.29, 1.82) is 0 Å². The average Bonchev–Trinajstić information content (AvgIpc) is 2.34. The first-order valence-electron chi connectivity index (χ1n) is 5.43. The molecule has 0 aliphatic heterocycles. The largest absolute Gasteiger partial charge is 0.416 e. The van der Waals surface area contributed by atoms with Gasteiger partial charge in [0.05, 0.1) is 10.5 Å². The molecular formula is C11H14F3NO3S. The van der Waals surface area contributed by atoms with Gasteiger partial charge in [0.2, 0.25) is 10.0 Å². The zero-order valence-electron chi connectivity index (χ0n) is 10.2. The lowest BCUT2D eigenvalue weighted by Crippen LogP contribution is -2.25. The molecule has 0 aliphatic rings. The van der Waals surface area contributed by atoms with E-state index in [0.29, 0.717) is 13.0 Å². The highest BCUT2D eigenvalue weighted by Crippen LogP contribution is 2.29. The van der Waals surface area contributed by atoms with Crippen molar-refractivity contribution < 1.29 is 26.3 Å². The van der Waals surface area contributed by atoms with E-state index in [1.807, 2.05) is 0 Å². The van der Waals surface area contributed by atoms with Crippen LogP contribution in [0.3, 0.4) is 0 Å². The van der Waals surface area contributed by atoms with Gasteiger partial charge in [0.15, 0.2) is 0 Å². The van der Waals surface area contributed by atoms with Gasteiger partial charge in [-0.25, -0.2) is 13.1 Å². The van der Waals surface area contributed by atoms with Crippen LogP contribution in [0.5, 0.6) is 0 Å². The normalized spacial score (nSPS) is 12.6. The second-order valence-corrected chi connectivity index (χ2v) is 5.53. The van der Waals surface area contributed by atoms with E-state index in [1.165, 1.54) is 7.11 Å². The summed E-state index contributed by atoms with van der Waals surface area (Å²) in [5.41, 5.74) is -0.883. The lowest BCUT2D eigenvalue weighted by atomic mass is 10.2. The summed E-state index contributed by atoms with van der Waals surface area (Å²) >= 11 is 0. The van der Waals surface area contributed by atoms with E-state index < -0.39 is 21.8 Å². The van der Waals surface area contributed by atoms with Crippen LogP contribution in [0.4, 0.5) is 13.2 Å². The minimum Gasteiger partial charge on any atom is -0.385 e. The predicted molar refractivity (Wildman–Crippen MR) is 63.1 cm³/mol. The summed E-state index contributed by atoms with van der Waals surface area (Å²) in [6, 6.07) is 3.34. The van der Waals surface area contributed by atoms with Crippen molar-refractivity contribution in [1.82, 2.24) is 4.72 Å². The minimum atomic E-state index is -4.48. The molecule has 1 aromatic carbocycles. The Balaban J connectivity index is 2.74. The van der Waals surface area contributed by atoms with Gasteiger partial charge in [-0.2, -0.15) is 13.2 Å². The first-order valence-corrected chi connectivity index (χ1v) is 6.91. The predicted octanol–water partition coefficient (Wildman–Crippen LogP) is 2.02. The summed E-state index contributed by atoms with van der Waals surface area (Å²) in [6.45, 7) is 0.562. The Bertz CT molecular complexity index is 497. The quantitative estimate of drug-likeness (QED) is 0.817. The number of ether oxygens (including phenoxy) is 1. The number of rotatable bonds is 6. The van der Waals surface area contributed by atoms with Gasteiger partial charge in [0, 0.05) is 20.3 Å². The minimum absolute atomic E-state index is 0.164. The maximum absolute atomic E-state index is 12.3. The van der Waals surface area contributed by atoms with Crippen LogP contribution in [0.25, 0.3) is 0 Å². The molecule has 0 saturated carbocycles. The molecule has 19 heavy (non-hydrogen) atoms. The van der Waals surface area contributed by atoms with Crippen LogP contribution in [0.15, 0.2) is 29.2 Å². The van der Waals surface area contributed by atoms with Crippen LogP contribution in [-0.2, 0) is 20.9 Å². The number of sulfonamides is 1. The van der Waals surface area contributed by atoms with Crippen molar-refractivity contribution in [2.45, 2.75) is 17.5 Å². The molecule has 0 saturated heterocycles.